The minimum Gasteiger partial charge on any atom is -0.490 e. The number of rotatable bonds is 2. The van der Waals surface area contributed by atoms with Crippen LogP contribution in [0.5, 0.6) is 11.5 Å². The fourth-order valence-corrected chi connectivity index (χ4v) is 1.78. The second-order valence-electron chi connectivity index (χ2n) is 3.50. The van der Waals surface area contributed by atoms with Gasteiger partial charge in [-0.15, -0.1) is 0 Å². The van der Waals surface area contributed by atoms with Crippen molar-refractivity contribution in [3.63, 3.8) is 0 Å². The average Bonchev–Trinajstić information content (AvgIpc) is 2.46. The zero-order valence-electron chi connectivity index (χ0n) is 7.75. The average molecular weight is 177 g/mol. The maximum Gasteiger partial charge on any atom is 0.179 e. The van der Waals surface area contributed by atoms with E-state index in [9.17, 15) is 5.11 Å². The molecule has 1 aliphatic heterocycles. The molecule has 1 heterocycles. The van der Waals surface area contributed by atoms with Crippen molar-refractivity contribution in [3.8, 4) is 11.5 Å². The molecule has 2 rings (SSSR count). The van der Waals surface area contributed by atoms with Gasteiger partial charge in [-0.2, -0.15) is 0 Å². The van der Waals surface area contributed by atoms with Crippen LogP contribution < -0.4 is 4.74 Å². The standard InChI is InChI=1S/C11H13O2/c1-2-3-10-7-8-6-9(12)4-5-11(8)13-10/h4-6,10H,2-3,7H2,1H3. The second-order valence-corrected chi connectivity index (χ2v) is 3.50. The fraction of sp³-hybridized carbons (Fsp3) is 0.455. The zero-order valence-corrected chi connectivity index (χ0v) is 7.75. The van der Waals surface area contributed by atoms with E-state index >= 15 is 0 Å². The van der Waals surface area contributed by atoms with Gasteiger partial charge in [-0.25, -0.2) is 0 Å². The number of fused-ring (bicyclic) bond motifs is 1. The van der Waals surface area contributed by atoms with E-state index in [1.165, 1.54) is 0 Å². The van der Waals surface area contributed by atoms with Crippen LogP contribution in [-0.2, 0) is 11.5 Å². The normalized spacial score (nSPS) is 19.6. The lowest BCUT2D eigenvalue weighted by atomic mass is 10.1. The van der Waals surface area contributed by atoms with Gasteiger partial charge in [-0.3, -0.25) is 5.11 Å². The maximum atomic E-state index is 11.0. The molecule has 1 radical (unpaired) electrons. The van der Waals surface area contributed by atoms with Crippen LogP contribution in [0.2, 0.25) is 0 Å². The first-order valence-corrected chi connectivity index (χ1v) is 4.76. The summed E-state index contributed by atoms with van der Waals surface area (Å²) in [7, 11) is 0. The third kappa shape index (κ3) is 1.62. The predicted octanol–water partition coefficient (Wildman–Crippen LogP) is 2.93. The van der Waals surface area contributed by atoms with Crippen molar-refractivity contribution in [2.24, 2.45) is 0 Å². The van der Waals surface area contributed by atoms with Crippen molar-refractivity contribution in [1.82, 2.24) is 0 Å². The highest BCUT2D eigenvalue weighted by Gasteiger charge is 2.22. The van der Waals surface area contributed by atoms with Gasteiger partial charge in [-0.1, -0.05) is 13.3 Å². The highest BCUT2D eigenvalue weighted by molar-refractivity contribution is 5.42. The molecular formula is C11H13O2. The Balaban J connectivity index is 2.16. The van der Waals surface area contributed by atoms with Crippen LogP contribution in [0.15, 0.2) is 18.2 Å². The lowest BCUT2D eigenvalue weighted by Gasteiger charge is -2.07. The number of benzene rings is 1. The Morgan fingerprint density at radius 1 is 1.54 bits per heavy atom. The van der Waals surface area contributed by atoms with E-state index in [1.54, 1.807) is 18.2 Å². The second kappa shape index (κ2) is 3.29. The predicted molar refractivity (Wildman–Crippen MR) is 49.6 cm³/mol. The molecule has 2 nitrogen and oxygen atoms in total. The van der Waals surface area contributed by atoms with Gasteiger partial charge in [0.05, 0.1) is 0 Å². The first-order chi connectivity index (χ1) is 6.29. The quantitative estimate of drug-likeness (QED) is 0.682. The lowest BCUT2D eigenvalue weighted by molar-refractivity contribution is 0.220. The monoisotopic (exact) mass is 177 g/mol. The third-order valence-electron chi connectivity index (χ3n) is 2.38. The third-order valence-corrected chi connectivity index (χ3v) is 2.38. The van der Waals surface area contributed by atoms with Gasteiger partial charge >= 0.3 is 0 Å². The lowest BCUT2D eigenvalue weighted by Crippen LogP contribution is -2.11. The summed E-state index contributed by atoms with van der Waals surface area (Å²) in [5.74, 6) is 0.984. The Hall–Kier alpha value is -1.18. The topological polar surface area (TPSA) is 29.1 Å². The molecule has 0 N–H and O–H groups in total. The van der Waals surface area contributed by atoms with E-state index in [4.69, 9.17) is 4.74 Å². The molecule has 0 aliphatic carbocycles. The Morgan fingerprint density at radius 2 is 2.38 bits per heavy atom. The van der Waals surface area contributed by atoms with Crippen LogP contribution in [0.3, 0.4) is 0 Å². The molecule has 2 heteroatoms. The van der Waals surface area contributed by atoms with Crippen LogP contribution in [0.4, 0.5) is 0 Å². The van der Waals surface area contributed by atoms with Gasteiger partial charge in [0.1, 0.15) is 11.9 Å². The molecule has 0 fully saturated rings. The highest BCUT2D eigenvalue weighted by atomic mass is 16.5. The van der Waals surface area contributed by atoms with Gasteiger partial charge in [0.25, 0.3) is 0 Å². The summed E-state index contributed by atoms with van der Waals surface area (Å²) >= 11 is 0. The van der Waals surface area contributed by atoms with E-state index in [1.807, 2.05) is 0 Å². The molecule has 1 aromatic carbocycles. The molecule has 0 spiro atoms. The highest BCUT2D eigenvalue weighted by Crippen LogP contribution is 2.32. The Labute approximate surface area is 78.2 Å². The minimum atomic E-state index is 0.0829. The summed E-state index contributed by atoms with van der Waals surface area (Å²) in [6.07, 6.45) is 3.40. The first-order valence-electron chi connectivity index (χ1n) is 4.76. The SMILES string of the molecule is CCCC1Cc2cc([O])ccc2O1. The summed E-state index contributed by atoms with van der Waals surface area (Å²) in [5, 5.41) is 11.0. The van der Waals surface area contributed by atoms with Crippen molar-refractivity contribution >= 4 is 0 Å². The Kier molecular flexibility index (Phi) is 2.13. The summed E-state index contributed by atoms with van der Waals surface area (Å²) in [6, 6.07) is 5.03. The number of hydrogen-bond donors (Lipinski definition) is 0. The minimum absolute atomic E-state index is 0.0829. The molecule has 1 atom stereocenters. The van der Waals surface area contributed by atoms with Crippen molar-refractivity contribution in [2.45, 2.75) is 32.3 Å². The fourth-order valence-electron chi connectivity index (χ4n) is 1.78. The zero-order chi connectivity index (χ0) is 9.26. The van der Waals surface area contributed by atoms with E-state index in [0.717, 1.165) is 30.6 Å². The summed E-state index contributed by atoms with van der Waals surface area (Å²) in [5.41, 5.74) is 1.07. The van der Waals surface area contributed by atoms with Crippen LogP contribution in [0.25, 0.3) is 0 Å². The van der Waals surface area contributed by atoms with Crippen LogP contribution in [-0.4, -0.2) is 6.10 Å². The van der Waals surface area contributed by atoms with E-state index < -0.39 is 0 Å². The summed E-state index contributed by atoms with van der Waals surface area (Å²) in [6.45, 7) is 2.14. The molecule has 1 aromatic rings. The van der Waals surface area contributed by atoms with Gasteiger partial charge in [-0.05, 0) is 24.6 Å². The van der Waals surface area contributed by atoms with E-state index in [-0.39, 0.29) is 5.75 Å². The summed E-state index contributed by atoms with van der Waals surface area (Å²) in [4.78, 5) is 0. The van der Waals surface area contributed by atoms with Crippen molar-refractivity contribution in [3.05, 3.63) is 23.8 Å². The van der Waals surface area contributed by atoms with Gasteiger partial charge in [0.2, 0.25) is 0 Å². The molecule has 69 valence electrons. The summed E-state index contributed by atoms with van der Waals surface area (Å²) < 4.78 is 5.66. The Morgan fingerprint density at radius 3 is 3.15 bits per heavy atom. The van der Waals surface area contributed by atoms with Crippen molar-refractivity contribution in [2.75, 3.05) is 0 Å². The van der Waals surface area contributed by atoms with Crippen molar-refractivity contribution in [1.29, 1.82) is 0 Å². The molecule has 0 amide bonds. The molecule has 0 saturated carbocycles. The number of hydrogen-bond acceptors (Lipinski definition) is 1. The van der Waals surface area contributed by atoms with Crippen molar-refractivity contribution < 1.29 is 9.84 Å². The van der Waals surface area contributed by atoms with Gasteiger partial charge < -0.3 is 4.74 Å². The van der Waals surface area contributed by atoms with Crippen LogP contribution in [0, 0.1) is 0 Å². The van der Waals surface area contributed by atoms with E-state index in [2.05, 4.69) is 6.92 Å². The maximum absolute atomic E-state index is 11.0. The Bertz CT molecular complexity index is 307. The van der Waals surface area contributed by atoms with Gasteiger partial charge in [0, 0.05) is 12.0 Å². The molecule has 0 saturated heterocycles. The van der Waals surface area contributed by atoms with E-state index in [0.29, 0.717) is 6.10 Å². The molecule has 1 aliphatic rings. The smallest absolute Gasteiger partial charge is 0.179 e. The molecule has 0 aromatic heterocycles. The first kappa shape index (κ1) is 8.42. The number of ether oxygens (including phenoxy) is 1. The van der Waals surface area contributed by atoms with Gasteiger partial charge in [0.15, 0.2) is 5.75 Å². The van der Waals surface area contributed by atoms with Crippen LogP contribution >= 0.6 is 0 Å². The van der Waals surface area contributed by atoms with Crippen LogP contribution in [0.1, 0.15) is 25.3 Å². The molecule has 0 bridgehead atoms. The largest absolute Gasteiger partial charge is 0.490 e. The molecular weight excluding hydrogens is 164 g/mol. The molecule has 13 heavy (non-hydrogen) atoms. The molecule has 1 unspecified atom stereocenters.